The molecule has 3 aromatic rings. The van der Waals surface area contributed by atoms with Crippen LogP contribution in [0.5, 0.6) is 11.5 Å². The molecule has 41 heavy (non-hydrogen) atoms. The van der Waals surface area contributed by atoms with Crippen LogP contribution in [-0.4, -0.2) is 63.7 Å². The Labute approximate surface area is 242 Å². The van der Waals surface area contributed by atoms with Gasteiger partial charge in [0, 0.05) is 25.6 Å². The lowest BCUT2D eigenvalue weighted by atomic mass is 10.0. The number of nitrogens with one attached hydrogen (secondary N) is 1. The van der Waals surface area contributed by atoms with Gasteiger partial charge in [0.1, 0.15) is 25.8 Å². The third-order valence-electron chi connectivity index (χ3n) is 6.79. The summed E-state index contributed by atoms with van der Waals surface area (Å²) in [6.07, 6.45) is 2.06. The number of sulfonamides is 1. The molecule has 0 unspecified atom stereocenters. The minimum absolute atomic E-state index is 0.134. The third kappa shape index (κ3) is 8.00. The smallest absolute Gasteiger partial charge is 0.244 e. The van der Waals surface area contributed by atoms with Crippen LogP contribution in [0.15, 0.2) is 72.8 Å². The Kier molecular flexibility index (Phi) is 9.88. The maximum atomic E-state index is 14.1. The molecule has 0 saturated carbocycles. The minimum Gasteiger partial charge on any atom is -0.486 e. The summed E-state index contributed by atoms with van der Waals surface area (Å²) in [5.41, 5.74) is 3.05. The van der Waals surface area contributed by atoms with E-state index in [9.17, 15) is 18.0 Å². The zero-order valence-corrected chi connectivity index (χ0v) is 24.5. The van der Waals surface area contributed by atoms with Crippen molar-refractivity contribution in [3.05, 3.63) is 89.5 Å². The van der Waals surface area contributed by atoms with Crippen LogP contribution in [0.2, 0.25) is 0 Å². The van der Waals surface area contributed by atoms with Gasteiger partial charge in [-0.1, -0.05) is 67.1 Å². The maximum absolute atomic E-state index is 14.1. The first kappa shape index (κ1) is 29.9. The van der Waals surface area contributed by atoms with E-state index in [2.05, 4.69) is 5.32 Å². The Morgan fingerprint density at radius 1 is 0.927 bits per heavy atom. The van der Waals surface area contributed by atoms with Gasteiger partial charge < -0.3 is 19.7 Å². The zero-order chi connectivity index (χ0) is 29.4. The lowest BCUT2D eigenvalue weighted by Gasteiger charge is -2.33. The average Bonchev–Trinajstić information content (AvgIpc) is 2.97. The van der Waals surface area contributed by atoms with E-state index in [1.165, 1.54) is 4.90 Å². The summed E-state index contributed by atoms with van der Waals surface area (Å²) in [7, 11) is -3.88. The van der Waals surface area contributed by atoms with E-state index in [-0.39, 0.29) is 24.6 Å². The van der Waals surface area contributed by atoms with E-state index in [1.807, 2.05) is 68.4 Å². The van der Waals surface area contributed by atoms with Crippen LogP contribution in [0, 0.1) is 6.92 Å². The summed E-state index contributed by atoms with van der Waals surface area (Å²) in [5.74, 6) is 0.128. The maximum Gasteiger partial charge on any atom is 0.244 e. The zero-order valence-electron chi connectivity index (χ0n) is 23.7. The summed E-state index contributed by atoms with van der Waals surface area (Å²) in [4.78, 5) is 29.2. The van der Waals surface area contributed by atoms with Crippen molar-refractivity contribution in [1.29, 1.82) is 0 Å². The second kappa shape index (κ2) is 13.5. The number of nitrogens with zero attached hydrogens (tertiary/aromatic N) is 2. The molecule has 2 amide bonds. The molecule has 1 aliphatic rings. The molecular formula is C31H37N3O6S. The summed E-state index contributed by atoms with van der Waals surface area (Å²) >= 11 is 0. The fourth-order valence-corrected chi connectivity index (χ4v) is 5.45. The number of carbonyl (C=O) groups excluding carboxylic acids is 2. The molecule has 0 bridgehead atoms. The molecule has 0 saturated heterocycles. The normalized spacial score (nSPS) is 13.2. The molecule has 9 nitrogen and oxygen atoms in total. The van der Waals surface area contributed by atoms with Crippen molar-refractivity contribution in [3.63, 3.8) is 0 Å². The van der Waals surface area contributed by atoms with Gasteiger partial charge in [0.05, 0.1) is 11.9 Å². The molecule has 1 aliphatic heterocycles. The van der Waals surface area contributed by atoms with Crippen LogP contribution in [0.3, 0.4) is 0 Å². The molecule has 1 heterocycles. The lowest BCUT2D eigenvalue weighted by molar-refractivity contribution is -0.140. The second-order valence-electron chi connectivity index (χ2n) is 10.1. The van der Waals surface area contributed by atoms with E-state index in [1.54, 1.807) is 18.2 Å². The number of anilines is 1. The van der Waals surface area contributed by atoms with Crippen LogP contribution in [0.1, 0.15) is 30.0 Å². The van der Waals surface area contributed by atoms with Crippen LogP contribution < -0.4 is 19.1 Å². The summed E-state index contributed by atoms with van der Waals surface area (Å²) < 4.78 is 38.2. The third-order valence-corrected chi connectivity index (χ3v) is 7.93. The minimum atomic E-state index is -3.88. The van der Waals surface area contributed by atoms with Crippen molar-refractivity contribution in [2.75, 3.05) is 36.9 Å². The van der Waals surface area contributed by atoms with Crippen LogP contribution in [0.4, 0.5) is 5.69 Å². The van der Waals surface area contributed by atoms with E-state index in [0.29, 0.717) is 31.3 Å². The van der Waals surface area contributed by atoms with Crippen molar-refractivity contribution in [2.45, 2.75) is 39.3 Å². The molecule has 4 rings (SSSR count). The molecule has 10 heteroatoms. The van der Waals surface area contributed by atoms with Gasteiger partial charge >= 0.3 is 0 Å². The van der Waals surface area contributed by atoms with Gasteiger partial charge in [-0.15, -0.1) is 0 Å². The highest BCUT2D eigenvalue weighted by atomic mass is 32.2. The van der Waals surface area contributed by atoms with Crippen molar-refractivity contribution < 1.29 is 27.5 Å². The Balaban J connectivity index is 1.71. The highest BCUT2D eigenvalue weighted by Gasteiger charge is 2.33. The van der Waals surface area contributed by atoms with Crippen LogP contribution in [-0.2, 0) is 32.6 Å². The van der Waals surface area contributed by atoms with Crippen molar-refractivity contribution in [1.82, 2.24) is 10.2 Å². The Hall–Kier alpha value is -4.05. The van der Waals surface area contributed by atoms with Gasteiger partial charge in [0.25, 0.3) is 0 Å². The van der Waals surface area contributed by atoms with E-state index in [0.717, 1.165) is 33.7 Å². The van der Waals surface area contributed by atoms with E-state index in [4.69, 9.17) is 9.47 Å². The quantitative estimate of drug-likeness (QED) is 0.351. The van der Waals surface area contributed by atoms with Crippen molar-refractivity contribution in [2.24, 2.45) is 0 Å². The molecule has 0 fully saturated rings. The number of amides is 2. The molecular weight excluding hydrogens is 542 g/mol. The Morgan fingerprint density at radius 3 is 2.27 bits per heavy atom. The number of hydrogen-bond acceptors (Lipinski definition) is 6. The molecule has 0 spiro atoms. The highest BCUT2D eigenvalue weighted by Crippen LogP contribution is 2.34. The largest absolute Gasteiger partial charge is 0.486 e. The number of hydrogen-bond donors (Lipinski definition) is 1. The first-order valence-corrected chi connectivity index (χ1v) is 15.5. The van der Waals surface area contributed by atoms with Crippen LogP contribution in [0.25, 0.3) is 0 Å². The van der Waals surface area contributed by atoms with Gasteiger partial charge in [-0.25, -0.2) is 8.42 Å². The fraction of sp³-hybridized carbons (Fsp3) is 0.355. The number of ether oxygens (including phenoxy) is 2. The number of carbonyl (C=O) groups is 2. The van der Waals surface area contributed by atoms with Gasteiger partial charge in [0.2, 0.25) is 21.8 Å². The average molecular weight is 580 g/mol. The molecule has 1 N–H and O–H groups in total. The fourth-order valence-electron chi connectivity index (χ4n) is 4.61. The van der Waals surface area contributed by atoms with Gasteiger partial charge in [-0.3, -0.25) is 13.9 Å². The lowest BCUT2D eigenvalue weighted by Crippen LogP contribution is -2.53. The Bertz CT molecular complexity index is 1440. The second-order valence-corrected chi connectivity index (χ2v) is 12.0. The molecule has 1 atom stereocenters. The summed E-state index contributed by atoms with van der Waals surface area (Å²) in [6, 6.07) is 21.1. The van der Waals surface area contributed by atoms with Crippen LogP contribution >= 0.6 is 0 Å². The predicted octanol–water partition coefficient (Wildman–Crippen LogP) is 3.70. The molecule has 218 valence electrons. The summed E-state index contributed by atoms with van der Waals surface area (Å²) in [6.45, 7) is 4.78. The number of rotatable bonds is 12. The predicted molar refractivity (Wildman–Crippen MR) is 159 cm³/mol. The number of fused-ring (bicyclic) bond motifs is 1. The van der Waals surface area contributed by atoms with Gasteiger partial charge in [0.15, 0.2) is 11.5 Å². The standard InChI is InChI=1S/C31H37N3O6S/c1-4-16-32-31(36)27(19-24-8-6-5-7-9-24)33(21-25-12-10-23(2)11-13-25)30(35)22-34(41(3,37)38)26-14-15-28-29(20-26)40-18-17-39-28/h5-15,20,27H,4,16-19,21-22H2,1-3H3,(H,32,36)/t27-/m0/s1. The monoisotopic (exact) mass is 579 g/mol. The summed E-state index contributed by atoms with van der Waals surface area (Å²) in [5, 5.41) is 2.94. The van der Waals surface area contributed by atoms with Crippen molar-refractivity contribution >= 4 is 27.5 Å². The van der Waals surface area contributed by atoms with Gasteiger partial charge in [-0.2, -0.15) is 0 Å². The van der Waals surface area contributed by atoms with Gasteiger partial charge in [-0.05, 0) is 36.6 Å². The first-order valence-electron chi connectivity index (χ1n) is 13.7. The first-order chi connectivity index (χ1) is 19.7. The van der Waals surface area contributed by atoms with E-state index >= 15 is 0 Å². The molecule has 0 aromatic heterocycles. The molecule has 0 radical (unpaired) electrons. The number of aryl methyl sites for hydroxylation is 1. The van der Waals surface area contributed by atoms with Crippen molar-refractivity contribution in [3.8, 4) is 11.5 Å². The topological polar surface area (TPSA) is 105 Å². The number of benzene rings is 3. The SMILES string of the molecule is CCCNC(=O)[C@H](Cc1ccccc1)N(Cc1ccc(C)cc1)C(=O)CN(c1ccc2c(c1)OCCO2)S(C)(=O)=O. The highest BCUT2D eigenvalue weighted by molar-refractivity contribution is 7.92. The van der Waals surface area contributed by atoms with E-state index < -0.39 is 28.5 Å². The molecule has 0 aliphatic carbocycles. The molecule has 3 aromatic carbocycles. The Morgan fingerprint density at radius 2 is 1.61 bits per heavy atom.